The Hall–Kier alpha value is -0.280. The number of alkyl halides is 1. The predicted molar refractivity (Wildman–Crippen MR) is 62.7 cm³/mol. The molecule has 14 heavy (non-hydrogen) atoms. The van der Waals surface area contributed by atoms with E-state index >= 15 is 0 Å². The second-order valence-electron chi connectivity index (χ2n) is 3.82. The number of anilines is 1. The molecule has 1 atom stereocenters. The Bertz CT molecular complexity index is 304. The normalized spacial score (nSPS) is 22.8. The van der Waals surface area contributed by atoms with E-state index in [-0.39, 0.29) is 0 Å². The van der Waals surface area contributed by atoms with E-state index in [1.165, 1.54) is 11.3 Å². The average molecular weight is 231 g/mol. The lowest BCUT2D eigenvalue weighted by atomic mass is 10.1. The maximum absolute atomic E-state index is 6.14. The summed E-state index contributed by atoms with van der Waals surface area (Å²) >= 11 is 7.92. The minimum Gasteiger partial charge on any atom is -0.347 e. The highest BCUT2D eigenvalue weighted by atomic mass is 35.5. The third-order valence-electron chi connectivity index (χ3n) is 2.65. The van der Waals surface area contributed by atoms with Gasteiger partial charge in [0.05, 0.1) is 11.1 Å². The fourth-order valence-corrected chi connectivity index (χ4v) is 2.96. The van der Waals surface area contributed by atoms with E-state index in [1.54, 1.807) is 11.3 Å². The number of nitrogens with zero attached hydrogens (tertiary/aromatic N) is 2. The zero-order valence-electron chi connectivity index (χ0n) is 8.59. The molecule has 1 fully saturated rings. The van der Waals surface area contributed by atoms with Gasteiger partial charge in [-0.05, 0) is 26.7 Å². The first kappa shape index (κ1) is 10.2. The van der Waals surface area contributed by atoms with E-state index in [0.717, 1.165) is 30.3 Å². The standard InChI is InChI=1S/C10H15ClN2S/c1-7-8(2)14-10(12-7)13-5-3-4-9(11)6-13/h9H,3-6H2,1-2H3. The molecule has 0 aliphatic carbocycles. The van der Waals surface area contributed by atoms with Gasteiger partial charge in [0.25, 0.3) is 0 Å². The van der Waals surface area contributed by atoms with Crippen LogP contribution in [0.15, 0.2) is 0 Å². The summed E-state index contributed by atoms with van der Waals surface area (Å²) in [5.41, 5.74) is 1.15. The van der Waals surface area contributed by atoms with E-state index in [1.807, 2.05) is 0 Å². The molecule has 0 saturated carbocycles. The molecule has 78 valence electrons. The molecule has 2 nitrogen and oxygen atoms in total. The van der Waals surface area contributed by atoms with Crippen LogP contribution in [0.1, 0.15) is 23.4 Å². The van der Waals surface area contributed by atoms with E-state index in [9.17, 15) is 0 Å². The summed E-state index contributed by atoms with van der Waals surface area (Å²) in [5, 5.41) is 1.44. The third-order valence-corrected chi connectivity index (χ3v) is 4.14. The topological polar surface area (TPSA) is 16.1 Å². The summed E-state index contributed by atoms with van der Waals surface area (Å²) in [6.07, 6.45) is 2.33. The van der Waals surface area contributed by atoms with E-state index in [2.05, 4.69) is 23.7 Å². The van der Waals surface area contributed by atoms with Crippen molar-refractivity contribution in [2.75, 3.05) is 18.0 Å². The number of hydrogen-bond donors (Lipinski definition) is 0. The molecule has 1 aromatic rings. The predicted octanol–water partition coefficient (Wildman–Crippen LogP) is 2.97. The molecule has 2 heterocycles. The molecule has 0 amide bonds. The average Bonchev–Trinajstić information content (AvgIpc) is 2.47. The van der Waals surface area contributed by atoms with Crippen molar-refractivity contribution >= 4 is 28.1 Å². The van der Waals surface area contributed by atoms with Crippen LogP contribution in [0.2, 0.25) is 0 Å². The minimum absolute atomic E-state index is 0.299. The Kier molecular flexibility index (Phi) is 2.98. The van der Waals surface area contributed by atoms with Crippen molar-refractivity contribution in [3.8, 4) is 0 Å². The lowest BCUT2D eigenvalue weighted by Gasteiger charge is -2.29. The minimum atomic E-state index is 0.299. The van der Waals surface area contributed by atoms with E-state index in [0.29, 0.717) is 5.38 Å². The van der Waals surface area contributed by atoms with E-state index in [4.69, 9.17) is 11.6 Å². The SMILES string of the molecule is Cc1nc(N2CCCC(Cl)C2)sc1C. The smallest absolute Gasteiger partial charge is 0.185 e. The highest BCUT2D eigenvalue weighted by Crippen LogP contribution is 2.28. The molecule has 1 unspecified atom stereocenters. The number of thiazole rings is 1. The second kappa shape index (κ2) is 4.07. The van der Waals surface area contributed by atoms with Gasteiger partial charge in [0.1, 0.15) is 0 Å². The highest BCUT2D eigenvalue weighted by Gasteiger charge is 2.20. The molecule has 2 rings (SSSR count). The largest absolute Gasteiger partial charge is 0.347 e. The van der Waals surface area contributed by atoms with Crippen molar-refractivity contribution < 1.29 is 0 Å². The van der Waals surface area contributed by atoms with Gasteiger partial charge >= 0.3 is 0 Å². The van der Waals surface area contributed by atoms with Crippen LogP contribution in [0.4, 0.5) is 5.13 Å². The van der Waals surface area contributed by atoms with Crippen LogP contribution in [0.5, 0.6) is 0 Å². The van der Waals surface area contributed by atoms with Crippen LogP contribution in [-0.2, 0) is 0 Å². The van der Waals surface area contributed by atoms with Crippen LogP contribution in [0, 0.1) is 13.8 Å². The van der Waals surface area contributed by atoms with Crippen molar-refractivity contribution in [2.24, 2.45) is 0 Å². The zero-order valence-corrected chi connectivity index (χ0v) is 10.2. The molecule has 0 N–H and O–H groups in total. The number of halogens is 1. The Labute approximate surface area is 93.9 Å². The maximum Gasteiger partial charge on any atom is 0.185 e. The molecule has 0 aromatic carbocycles. The first-order valence-electron chi connectivity index (χ1n) is 5.00. The van der Waals surface area contributed by atoms with Gasteiger partial charge in [-0.2, -0.15) is 0 Å². The molecule has 0 bridgehead atoms. The van der Waals surface area contributed by atoms with Crippen LogP contribution in [0.25, 0.3) is 0 Å². The number of hydrogen-bond acceptors (Lipinski definition) is 3. The monoisotopic (exact) mass is 230 g/mol. The van der Waals surface area contributed by atoms with Crippen molar-refractivity contribution in [2.45, 2.75) is 32.1 Å². The number of aryl methyl sites for hydroxylation is 2. The van der Waals surface area contributed by atoms with Gasteiger partial charge in [-0.25, -0.2) is 4.98 Å². The molecule has 4 heteroatoms. The van der Waals surface area contributed by atoms with Gasteiger partial charge in [0, 0.05) is 18.0 Å². The fourth-order valence-electron chi connectivity index (χ4n) is 1.69. The quantitative estimate of drug-likeness (QED) is 0.690. The summed E-state index contributed by atoms with van der Waals surface area (Å²) in [7, 11) is 0. The van der Waals surface area contributed by atoms with Crippen LogP contribution in [-0.4, -0.2) is 23.5 Å². The lowest BCUT2D eigenvalue weighted by molar-refractivity contribution is 0.583. The molecule has 1 aliphatic rings. The lowest BCUT2D eigenvalue weighted by Crippen LogP contribution is -2.35. The number of piperidine rings is 1. The first-order valence-corrected chi connectivity index (χ1v) is 6.25. The van der Waals surface area contributed by atoms with Gasteiger partial charge in [-0.3, -0.25) is 0 Å². The number of rotatable bonds is 1. The Balaban J connectivity index is 2.14. The van der Waals surface area contributed by atoms with Crippen molar-refractivity contribution in [1.29, 1.82) is 0 Å². The van der Waals surface area contributed by atoms with Gasteiger partial charge in [0.15, 0.2) is 5.13 Å². The second-order valence-corrected chi connectivity index (χ2v) is 5.62. The molecule has 0 radical (unpaired) electrons. The molecule has 1 aromatic heterocycles. The summed E-state index contributed by atoms with van der Waals surface area (Å²) in [4.78, 5) is 8.18. The molecule has 1 aliphatic heterocycles. The van der Waals surface area contributed by atoms with Crippen molar-refractivity contribution in [3.63, 3.8) is 0 Å². The van der Waals surface area contributed by atoms with Crippen molar-refractivity contribution in [1.82, 2.24) is 4.98 Å². The highest BCUT2D eigenvalue weighted by molar-refractivity contribution is 7.15. The van der Waals surface area contributed by atoms with Crippen molar-refractivity contribution in [3.05, 3.63) is 10.6 Å². The van der Waals surface area contributed by atoms with Gasteiger partial charge < -0.3 is 4.90 Å². The fraction of sp³-hybridized carbons (Fsp3) is 0.700. The number of aromatic nitrogens is 1. The molecular weight excluding hydrogens is 216 g/mol. The van der Waals surface area contributed by atoms with Gasteiger partial charge in [-0.1, -0.05) is 0 Å². The van der Waals surface area contributed by atoms with Crippen LogP contribution in [0.3, 0.4) is 0 Å². The molecule has 0 spiro atoms. The Morgan fingerprint density at radius 1 is 1.50 bits per heavy atom. The Morgan fingerprint density at radius 3 is 2.86 bits per heavy atom. The Morgan fingerprint density at radius 2 is 2.29 bits per heavy atom. The first-order chi connectivity index (χ1) is 6.66. The zero-order chi connectivity index (χ0) is 10.1. The van der Waals surface area contributed by atoms with E-state index < -0.39 is 0 Å². The summed E-state index contributed by atoms with van der Waals surface area (Å²) in [6, 6.07) is 0. The third kappa shape index (κ3) is 2.04. The molecule has 1 saturated heterocycles. The summed E-state index contributed by atoms with van der Waals surface area (Å²) in [6.45, 7) is 6.25. The van der Waals surface area contributed by atoms with Gasteiger partial charge in [0.2, 0.25) is 0 Å². The van der Waals surface area contributed by atoms with Crippen LogP contribution < -0.4 is 4.90 Å². The van der Waals surface area contributed by atoms with Gasteiger partial charge in [-0.15, -0.1) is 22.9 Å². The molecular formula is C10H15ClN2S. The maximum atomic E-state index is 6.14. The summed E-state index contributed by atoms with van der Waals surface area (Å²) in [5.74, 6) is 0. The summed E-state index contributed by atoms with van der Waals surface area (Å²) < 4.78 is 0. The van der Waals surface area contributed by atoms with Crippen LogP contribution >= 0.6 is 22.9 Å².